The minimum absolute atomic E-state index is 0.405. The summed E-state index contributed by atoms with van der Waals surface area (Å²) in [6, 6.07) is 13.5. The topological polar surface area (TPSA) is 41.6 Å². The van der Waals surface area contributed by atoms with Crippen molar-refractivity contribution in [2.45, 2.75) is 6.92 Å². The molecule has 0 unspecified atom stereocenters. The highest BCUT2D eigenvalue weighted by Crippen LogP contribution is 2.26. The molecule has 3 aromatic rings. The van der Waals surface area contributed by atoms with Gasteiger partial charge >= 0.3 is 0 Å². The molecule has 3 rings (SSSR count). The monoisotopic (exact) mass is 303 g/mol. The third-order valence-electron chi connectivity index (χ3n) is 3.60. The number of benzene rings is 1. The lowest BCUT2D eigenvalue weighted by atomic mass is 10.1. The van der Waals surface area contributed by atoms with Gasteiger partial charge in [0.2, 0.25) is 0 Å². The molecule has 0 atom stereocenters. The first-order valence-electron chi connectivity index (χ1n) is 7.09. The molecule has 23 heavy (non-hydrogen) atoms. The molecule has 0 bridgehead atoms. The number of nitriles is 1. The predicted octanol–water partition coefficient (Wildman–Crippen LogP) is 4.58. The number of hydrogen-bond acceptors (Lipinski definition) is 2. The average molecular weight is 303 g/mol. The van der Waals surface area contributed by atoms with Gasteiger partial charge in [0.05, 0.1) is 11.8 Å². The molecule has 1 aromatic carbocycles. The highest BCUT2D eigenvalue weighted by molar-refractivity contribution is 5.71. The van der Waals surface area contributed by atoms with Crippen LogP contribution in [-0.2, 0) is 0 Å². The van der Waals surface area contributed by atoms with Gasteiger partial charge in [-0.2, -0.15) is 5.26 Å². The Morgan fingerprint density at radius 3 is 2.65 bits per heavy atom. The minimum Gasteiger partial charge on any atom is -0.307 e. The Bertz CT molecular complexity index is 918. The van der Waals surface area contributed by atoms with Gasteiger partial charge in [0.25, 0.3) is 0 Å². The number of halogens is 1. The van der Waals surface area contributed by atoms with E-state index in [4.69, 9.17) is 0 Å². The minimum atomic E-state index is -0.405. The van der Waals surface area contributed by atoms with Gasteiger partial charge in [-0.3, -0.25) is 0 Å². The number of aromatic nitrogens is 2. The fraction of sp³-hybridized carbons (Fsp3) is 0.0526. The van der Waals surface area contributed by atoms with Crippen molar-refractivity contribution in [3.63, 3.8) is 0 Å². The van der Waals surface area contributed by atoms with Crippen LogP contribution in [0.1, 0.15) is 18.1 Å². The Morgan fingerprint density at radius 1 is 1.26 bits per heavy atom. The Balaban J connectivity index is 2.13. The average Bonchev–Trinajstić information content (AvgIpc) is 3.00. The van der Waals surface area contributed by atoms with Crippen molar-refractivity contribution in [1.82, 2.24) is 9.55 Å². The molecule has 0 aliphatic heterocycles. The van der Waals surface area contributed by atoms with Crippen molar-refractivity contribution in [1.29, 1.82) is 5.26 Å². The van der Waals surface area contributed by atoms with E-state index < -0.39 is 5.82 Å². The molecule has 112 valence electrons. The molecule has 0 amide bonds. The van der Waals surface area contributed by atoms with Crippen molar-refractivity contribution in [2.24, 2.45) is 0 Å². The summed E-state index contributed by atoms with van der Waals surface area (Å²) in [5.41, 5.74) is 3.35. The maximum Gasteiger partial charge on any atom is 0.149 e. The van der Waals surface area contributed by atoms with Crippen LogP contribution in [-0.4, -0.2) is 9.55 Å². The third kappa shape index (κ3) is 2.77. The summed E-state index contributed by atoms with van der Waals surface area (Å²) in [7, 11) is 0. The fourth-order valence-corrected chi connectivity index (χ4v) is 2.42. The SMILES string of the molecule is C=C(C)c1cc(-n2cc(C#N)c(-c3ccccc3)c2)ncc1F. The lowest BCUT2D eigenvalue weighted by Crippen LogP contribution is -1.98. The summed E-state index contributed by atoms with van der Waals surface area (Å²) in [4.78, 5) is 4.11. The largest absolute Gasteiger partial charge is 0.307 e. The molecule has 4 heteroatoms. The van der Waals surface area contributed by atoms with Gasteiger partial charge in [-0.05, 0) is 24.1 Å². The molecule has 2 heterocycles. The van der Waals surface area contributed by atoms with Gasteiger partial charge in [0.1, 0.15) is 17.7 Å². The first-order valence-corrected chi connectivity index (χ1v) is 7.09. The van der Waals surface area contributed by atoms with E-state index in [-0.39, 0.29) is 0 Å². The number of rotatable bonds is 3. The molecule has 0 saturated carbocycles. The molecule has 0 spiro atoms. The number of nitrogens with zero attached hydrogens (tertiary/aromatic N) is 3. The maximum atomic E-state index is 13.8. The van der Waals surface area contributed by atoms with E-state index >= 15 is 0 Å². The molecular weight excluding hydrogens is 289 g/mol. The van der Waals surface area contributed by atoms with Crippen LogP contribution in [0.25, 0.3) is 22.5 Å². The van der Waals surface area contributed by atoms with E-state index in [1.807, 2.05) is 36.5 Å². The molecular formula is C19H14FN3. The standard InChI is InChI=1S/C19H14FN3/c1-13(2)16-8-19(22-10-18(16)20)23-11-15(9-21)17(12-23)14-6-4-3-5-7-14/h3-8,10-12H,1H2,2H3. The summed E-state index contributed by atoms with van der Waals surface area (Å²) in [6.45, 7) is 5.52. The highest BCUT2D eigenvalue weighted by Gasteiger charge is 2.12. The van der Waals surface area contributed by atoms with Crippen molar-refractivity contribution in [3.05, 3.63) is 78.5 Å². The zero-order chi connectivity index (χ0) is 16.4. The third-order valence-corrected chi connectivity index (χ3v) is 3.60. The second-order valence-electron chi connectivity index (χ2n) is 5.27. The van der Waals surface area contributed by atoms with Crippen LogP contribution in [0, 0.1) is 17.1 Å². The van der Waals surface area contributed by atoms with Crippen LogP contribution in [0.3, 0.4) is 0 Å². The highest BCUT2D eigenvalue weighted by atomic mass is 19.1. The predicted molar refractivity (Wildman–Crippen MR) is 88.4 cm³/mol. The van der Waals surface area contributed by atoms with Crippen molar-refractivity contribution in [3.8, 4) is 23.0 Å². The van der Waals surface area contributed by atoms with Gasteiger partial charge in [-0.15, -0.1) is 0 Å². The molecule has 0 aliphatic carbocycles. The van der Waals surface area contributed by atoms with E-state index in [2.05, 4.69) is 17.6 Å². The summed E-state index contributed by atoms with van der Waals surface area (Å²) >= 11 is 0. The van der Waals surface area contributed by atoms with Crippen molar-refractivity contribution >= 4 is 5.57 Å². The van der Waals surface area contributed by atoms with Crippen LogP contribution >= 0.6 is 0 Å². The zero-order valence-corrected chi connectivity index (χ0v) is 12.6. The molecule has 3 nitrogen and oxygen atoms in total. The van der Waals surface area contributed by atoms with Crippen LogP contribution in [0.5, 0.6) is 0 Å². The molecule has 0 fully saturated rings. The van der Waals surface area contributed by atoms with E-state index in [1.54, 1.807) is 23.8 Å². The summed E-state index contributed by atoms with van der Waals surface area (Å²) in [6.07, 6.45) is 4.70. The smallest absolute Gasteiger partial charge is 0.149 e. The first kappa shape index (κ1) is 14.7. The van der Waals surface area contributed by atoms with E-state index in [1.165, 1.54) is 6.20 Å². The van der Waals surface area contributed by atoms with E-state index in [9.17, 15) is 9.65 Å². The number of pyridine rings is 1. The van der Waals surface area contributed by atoms with Crippen molar-refractivity contribution in [2.75, 3.05) is 0 Å². The van der Waals surface area contributed by atoms with E-state index in [0.717, 1.165) is 11.1 Å². The molecule has 2 aromatic heterocycles. The van der Waals surface area contributed by atoms with Gasteiger partial charge in [-0.25, -0.2) is 9.37 Å². The van der Waals surface area contributed by atoms with Crippen LogP contribution in [0.2, 0.25) is 0 Å². The fourth-order valence-electron chi connectivity index (χ4n) is 2.42. The quantitative estimate of drug-likeness (QED) is 0.710. The Labute approximate surface area is 134 Å². The van der Waals surface area contributed by atoms with Crippen LogP contribution in [0.15, 0.2) is 61.6 Å². The second-order valence-corrected chi connectivity index (χ2v) is 5.27. The first-order chi connectivity index (χ1) is 11.1. The van der Waals surface area contributed by atoms with Crippen LogP contribution in [0.4, 0.5) is 4.39 Å². The number of hydrogen-bond donors (Lipinski definition) is 0. The van der Waals surface area contributed by atoms with Gasteiger partial charge in [0.15, 0.2) is 0 Å². The summed E-state index contributed by atoms with van der Waals surface area (Å²) in [5, 5.41) is 9.37. The molecule has 0 radical (unpaired) electrons. The Kier molecular flexibility index (Phi) is 3.78. The summed E-state index contributed by atoms with van der Waals surface area (Å²) in [5.74, 6) is 0.139. The second kappa shape index (κ2) is 5.90. The maximum absolute atomic E-state index is 13.8. The molecule has 0 saturated heterocycles. The normalized spacial score (nSPS) is 10.3. The number of allylic oxidation sites excluding steroid dienone is 1. The Hall–Kier alpha value is -3.19. The van der Waals surface area contributed by atoms with Gasteiger partial charge in [-0.1, -0.05) is 36.9 Å². The summed E-state index contributed by atoms with van der Waals surface area (Å²) < 4.78 is 15.5. The van der Waals surface area contributed by atoms with E-state index in [0.29, 0.717) is 22.5 Å². The lowest BCUT2D eigenvalue weighted by Gasteiger charge is -2.06. The molecule has 0 aliphatic rings. The van der Waals surface area contributed by atoms with Gasteiger partial charge in [0, 0.05) is 23.5 Å². The Morgan fingerprint density at radius 2 is 2.00 bits per heavy atom. The van der Waals surface area contributed by atoms with Crippen LogP contribution < -0.4 is 0 Å². The van der Waals surface area contributed by atoms with Gasteiger partial charge < -0.3 is 4.57 Å². The zero-order valence-electron chi connectivity index (χ0n) is 12.6. The molecule has 0 N–H and O–H groups in total. The lowest BCUT2D eigenvalue weighted by molar-refractivity contribution is 0.616. The van der Waals surface area contributed by atoms with Crippen molar-refractivity contribution < 1.29 is 4.39 Å².